The van der Waals surface area contributed by atoms with Crippen LogP contribution in [0.15, 0.2) is 22.8 Å². The Labute approximate surface area is 119 Å². The van der Waals surface area contributed by atoms with E-state index in [1.807, 2.05) is 20.8 Å². The van der Waals surface area contributed by atoms with E-state index in [9.17, 15) is 9.90 Å². The van der Waals surface area contributed by atoms with Gasteiger partial charge in [0.2, 0.25) is 0 Å². The topological polar surface area (TPSA) is 62.9 Å². The minimum atomic E-state index is -0.682. The Morgan fingerprint density at radius 2 is 2.35 bits per heavy atom. The van der Waals surface area contributed by atoms with Crippen LogP contribution in [0.3, 0.4) is 0 Å². The van der Waals surface area contributed by atoms with Gasteiger partial charge in [-0.2, -0.15) is 0 Å². The molecule has 1 N–H and O–H groups in total. The number of aliphatic hydroxyl groups excluding tert-OH is 1. The highest BCUT2D eigenvalue weighted by Crippen LogP contribution is 2.28. The van der Waals surface area contributed by atoms with Crippen molar-refractivity contribution in [2.24, 2.45) is 0 Å². The molecule has 0 unspecified atom stereocenters. The summed E-state index contributed by atoms with van der Waals surface area (Å²) in [5.74, 6) is 0.543. The molecule has 1 fully saturated rings. The lowest BCUT2D eigenvalue weighted by Crippen LogP contribution is -2.40. The van der Waals surface area contributed by atoms with Crippen molar-refractivity contribution in [2.45, 2.75) is 57.8 Å². The second kappa shape index (κ2) is 5.87. The summed E-state index contributed by atoms with van der Waals surface area (Å²) in [4.78, 5) is 13.9. The van der Waals surface area contributed by atoms with Gasteiger partial charge in [0.25, 0.3) is 0 Å². The third-order valence-electron chi connectivity index (χ3n) is 3.37. The number of hydrogen-bond acceptors (Lipinski definition) is 4. The number of likely N-dealkylation sites (tertiary alicyclic amines) is 1. The maximum atomic E-state index is 12.1. The molecule has 20 heavy (non-hydrogen) atoms. The number of rotatable bonds is 3. The monoisotopic (exact) mass is 281 g/mol. The summed E-state index contributed by atoms with van der Waals surface area (Å²) in [6, 6.07) is 3.50. The fourth-order valence-corrected chi connectivity index (χ4v) is 2.50. The largest absolute Gasteiger partial charge is 0.467 e. The molecule has 0 bridgehead atoms. The van der Waals surface area contributed by atoms with Crippen LogP contribution in [0.2, 0.25) is 0 Å². The molecule has 1 aliphatic rings. The fourth-order valence-electron chi connectivity index (χ4n) is 2.50. The van der Waals surface area contributed by atoms with Gasteiger partial charge >= 0.3 is 6.09 Å². The van der Waals surface area contributed by atoms with E-state index in [-0.39, 0.29) is 12.1 Å². The van der Waals surface area contributed by atoms with Crippen molar-refractivity contribution in [3.63, 3.8) is 0 Å². The Hall–Kier alpha value is -1.49. The van der Waals surface area contributed by atoms with Crippen molar-refractivity contribution < 1.29 is 19.1 Å². The first-order chi connectivity index (χ1) is 9.37. The maximum absolute atomic E-state index is 12.1. The number of aliphatic hydroxyl groups is 1. The van der Waals surface area contributed by atoms with Gasteiger partial charge in [-0.15, -0.1) is 0 Å². The number of carbonyl (C=O) groups is 1. The average molecular weight is 281 g/mol. The zero-order chi connectivity index (χ0) is 14.8. The molecule has 2 heterocycles. The summed E-state index contributed by atoms with van der Waals surface area (Å²) in [5.41, 5.74) is -0.496. The minimum Gasteiger partial charge on any atom is -0.467 e. The highest BCUT2D eigenvalue weighted by Gasteiger charge is 2.33. The number of nitrogens with zero attached hydrogens (tertiary/aromatic N) is 1. The van der Waals surface area contributed by atoms with Crippen LogP contribution in [0, 0.1) is 0 Å². The maximum Gasteiger partial charge on any atom is 0.410 e. The number of furan rings is 1. The van der Waals surface area contributed by atoms with E-state index >= 15 is 0 Å². The van der Waals surface area contributed by atoms with E-state index in [4.69, 9.17) is 9.15 Å². The first kappa shape index (κ1) is 14.9. The molecule has 2 atom stereocenters. The van der Waals surface area contributed by atoms with Crippen LogP contribution in [0.1, 0.15) is 51.9 Å². The van der Waals surface area contributed by atoms with Crippen LogP contribution < -0.4 is 0 Å². The van der Waals surface area contributed by atoms with E-state index in [1.54, 1.807) is 23.3 Å². The highest BCUT2D eigenvalue weighted by molar-refractivity contribution is 5.68. The summed E-state index contributed by atoms with van der Waals surface area (Å²) in [6.07, 6.45) is 2.86. The van der Waals surface area contributed by atoms with Crippen LogP contribution >= 0.6 is 0 Å². The van der Waals surface area contributed by atoms with Crippen LogP contribution in [-0.2, 0) is 4.74 Å². The molecule has 2 rings (SSSR count). The zero-order valence-electron chi connectivity index (χ0n) is 12.3. The molecule has 5 nitrogen and oxygen atoms in total. The van der Waals surface area contributed by atoms with Gasteiger partial charge in [-0.3, -0.25) is 0 Å². The molecule has 112 valence electrons. The Morgan fingerprint density at radius 1 is 1.60 bits per heavy atom. The van der Waals surface area contributed by atoms with E-state index < -0.39 is 11.7 Å². The quantitative estimate of drug-likeness (QED) is 0.924. The van der Waals surface area contributed by atoms with E-state index in [1.165, 1.54) is 0 Å². The third kappa shape index (κ3) is 3.76. The smallest absolute Gasteiger partial charge is 0.410 e. The molecule has 0 radical (unpaired) electrons. The molecule has 0 spiro atoms. The Morgan fingerprint density at radius 3 is 2.95 bits per heavy atom. The molecule has 1 amide bonds. The van der Waals surface area contributed by atoms with Crippen molar-refractivity contribution in [3.05, 3.63) is 24.2 Å². The normalized spacial score (nSPS) is 21.0. The van der Waals surface area contributed by atoms with Gasteiger partial charge in [0.15, 0.2) is 0 Å². The molecule has 0 aromatic carbocycles. The van der Waals surface area contributed by atoms with Gasteiger partial charge in [0.1, 0.15) is 17.5 Å². The lowest BCUT2D eigenvalue weighted by molar-refractivity contribution is 0.0168. The second-order valence-corrected chi connectivity index (χ2v) is 6.24. The lowest BCUT2D eigenvalue weighted by Gasteiger charge is -2.29. The summed E-state index contributed by atoms with van der Waals surface area (Å²) in [7, 11) is 0. The molecular weight excluding hydrogens is 258 g/mol. The predicted molar refractivity (Wildman–Crippen MR) is 74.2 cm³/mol. The van der Waals surface area contributed by atoms with Gasteiger partial charge in [0, 0.05) is 19.0 Å². The SMILES string of the molecule is CC(C)(C)OC(=O)N1CCC[C@H]1C[C@@H](O)c1ccco1. The summed E-state index contributed by atoms with van der Waals surface area (Å²) in [5, 5.41) is 10.1. The van der Waals surface area contributed by atoms with Crippen LogP contribution in [0.4, 0.5) is 4.79 Å². The molecule has 1 aromatic heterocycles. The Kier molecular flexibility index (Phi) is 4.38. The van der Waals surface area contributed by atoms with Crippen LogP contribution in [0.5, 0.6) is 0 Å². The van der Waals surface area contributed by atoms with Crippen molar-refractivity contribution in [2.75, 3.05) is 6.54 Å². The van der Waals surface area contributed by atoms with Gasteiger partial charge in [-0.25, -0.2) is 4.79 Å². The van der Waals surface area contributed by atoms with E-state index in [2.05, 4.69) is 0 Å². The molecule has 0 aliphatic carbocycles. The van der Waals surface area contributed by atoms with Crippen molar-refractivity contribution in [1.29, 1.82) is 0 Å². The van der Waals surface area contributed by atoms with E-state index in [0.29, 0.717) is 18.7 Å². The fraction of sp³-hybridized carbons (Fsp3) is 0.667. The lowest BCUT2D eigenvalue weighted by atomic mass is 10.1. The van der Waals surface area contributed by atoms with Gasteiger partial charge in [-0.05, 0) is 45.7 Å². The van der Waals surface area contributed by atoms with Crippen molar-refractivity contribution >= 4 is 6.09 Å². The molecular formula is C15H23NO4. The van der Waals surface area contributed by atoms with Crippen LogP contribution in [0.25, 0.3) is 0 Å². The second-order valence-electron chi connectivity index (χ2n) is 6.24. The first-order valence-electron chi connectivity index (χ1n) is 7.08. The first-order valence-corrected chi connectivity index (χ1v) is 7.08. The molecule has 1 saturated heterocycles. The van der Waals surface area contributed by atoms with Gasteiger partial charge in [-0.1, -0.05) is 0 Å². The number of hydrogen-bond donors (Lipinski definition) is 1. The van der Waals surface area contributed by atoms with Gasteiger partial charge < -0.3 is 19.2 Å². The number of amides is 1. The molecule has 0 saturated carbocycles. The minimum absolute atomic E-state index is 0.00458. The number of carbonyl (C=O) groups excluding carboxylic acids is 1. The summed E-state index contributed by atoms with van der Waals surface area (Å²) in [6.45, 7) is 6.25. The standard InChI is InChI=1S/C15H23NO4/c1-15(2,3)20-14(18)16-8-4-6-11(16)10-12(17)13-7-5-9-19-13/h5,7,9,11-12,17H,4,6,8,10H2,1-3H3/t11-,12+/m0/s1. The molecule has 1 aliphatic heterocycles. The van der Waals surface area contributed by atoms with Gasteiger partial charge in [0.05, 0.1) is 6.26 Å². The zero-order valence-corrected chi connectivity index (χ0v) is 12.3. The summed E-state index contributed by atoms with van der Waals surface area (Å²) < 4.78 is 10.6. The predicted octanol–water partition coefficient (Wildman–Crippen LogP) is 3.10. The number of ether oxygens (including phenoxy) is 1. The van der Waals surface area contributed by atoms with Crippen molar-refractivity contribution in [3.8, 4) is 0 Å². The van der Waals surface area contributed by atoms with Crippen LogP contribution in [-0.4, -0.2) is 34.3 Å². The third-order valence-corrected chi connectivity index (χ3v) is 3.37. The Balaban J connectivity index is 1.95. The Bertz CT molecular complexity index is 435. The highest BCUT2D eigenvalue weighted by atomic mass is 16.6. The van der Waals surface area contributed by atoms with E-state index in [0.717, 1.165) is 12.8 Å². The average Bonchev–Trinajstić information content (AvgIpc) is 2.96. The molecule has 1 aromatic rings. The molecule has 5 heteroatoms. The van der Waals surface area contributed by atoms with Crippen molar-refractivity contribution in [1.82, 2.24) is 4.90 Å². The summed E-state index contributed by atoms with van der Waals surface area (Å²) >= 11 is 0.